The average Bonchev–Trinajstić information content (AvgIpc) is 3.01. The molecule has 0 aliphatic rings. The van der Waals surface area contributed by atoms with Crippen LogP contribution in [0.4, 0.5) is 24.5 Å². The number of amides is 1. The molecule has 0 radical (unpaired) electrons. The van der Waals surface area contributed by atoms with Crippen molar-refractivity contribution in [3.8, 4) is 0 Å². The Morgan fingerprint density at radius 1 is 1.26 bits per heavy atom. The number of carbonyl (C=O) groups excluding carboxylic acids is 1. The first-order valence-corrected chi connectivity index (χ1v) is 9.17. The summed E-state index contributed by atoms with van der Waals surface area (Å²) in [6, 6.07) is 8.64. The third kappa shape index (κ3) is 4.74. The van der Waals surface area contributed by atoms with Crippen LogP contribution < -0.4 is 5.32 Å². The second kappa shape index (κ2) is 7.53. The van der Waals surface area contributed by atoms with Crippen LogP contribution >= 0.6 is 23.1 Å². The molecule has 0 saturated carbocycles. The topological polar surface area (TPSA) is 85.1 Å². The molecule has 3 rings (SSSR count). The Balaban J connectivity index is 1.64. The number of nitrogens with one attached hydrogen (secondary N) is 1. The van der Waals surface area contributed by atoms with Crippen molar-refractivity contribution in [2.24, 2.45) is 0 Å². The first kappa shape index (κ1) is 19.1. The monoisotopic (exact) mass is 413 g/mol. The lowest BCUT2D eigenvalue weighted by atomic mass is 10.2. The Kier molecular flexibility index (Phi) is 5.33. The maximum atomic E-state index is 12.7. The molecule has 3 aromatic rings. The van der Waals surface area contributed by atoms with Crippen molar-refractivity contribution < 1.29 is 22.9 Å². The van der Waals surface area contributed by atoms with Crippen LogP contribution in [0.1, 0.15) is 5.56 Å². The highest BCUT2D eigenvalue weighted by atomic mass is 32.2. The van der Waals surface area contributed by atoms with Gasteiger partial charge in [0.2, 0.25) is 5.91 Å². The van der Waals surface area contributed by atoms with E-state index in [4.69, 9.17) is 0 Å². The van der Waals surface area contributed by atoms with Crippen molar-refractivity contribution in [1.82, 2.24) is 4.98 Å². The van der Waals surface area contributed by atoms with Crippen LogP contribution in [0.5, 0.6) is 0 Å². The third-order valence-corrected chi connectivity index (χ3v) is 5.52. The number of hydrogen-bond donors (Lipinski definition) is 1. The largest absolute Gasteiger partial charge is 0.416 e. The number of benzene rings is 2. The van der Waals surface area contributed by atoms with E-state index in [9.17, 15) is 28.1 Å². The fourth-order valence-electron chi connectivity index (χ4n) is 2.17. The number of aromatic nitrogens is 1. The average molecular weight is 413 g/mol. The molecule has 0 aliphatic carbocycles. The lowest BCUT2D eigenvalue weighted by Crippen LogP contribution is -2.14. The van der Waals surface area contributed by atoms with Gasteiger partial charge < -0.3 is 5.32 Å². The Hall–Kier alpha value is -2.66. The minimum absolute atomic E-state index is 0.0509. The summed E-state index contributed by atoms with van der Waals surface area (Å²) in [6.45, 7) is 0. The summed E-state index contributed by atoms with van der Waals surface area (Å²) in [5.74, 6) is -0.539. The predicted octanol–water partition coefficient (Wildman–Crippen LogP) is 4.95. The van der Waals surface area contributed by atoms with Crippen molar-refractivity contribution in [3.63, 3.8) is 0 Å². The summed E-state index contributed by atoms with van der Waals surface area (Å²) in [5, 5.41) is 13.2. The van der Waals surface area contributed by atoms with Gasteiger partial charge in [0.05, 0.1) is 26.5 Å². The van der Waals surface area contributed by atoms with Crippen molar-refractivity contribution in [2.75, 3.05) is 11.1 Å². The maximum absolute atomic E-state index is 12.7. The number of anilines is 1. The Morgan fingerprint density at radius 3 is 2.74 bits per heavy atom. The van der Waals surface area contributed by atoms with E-state index in [-0.39, 0.29) is 17.1 Å². The predicted molar refractivity (Wildman–Crippen MR) is 97.1 cm³/mol. The number of fused-ring (bicyclic) bond motifs is 1. The number of nitrogens with zero attached hydrogens (tertiary/aromatic N) is 2. The minimum Gasteiger partial charge on any atom is -0.325 e. The van der Waals surface area contributed by atoms with Gasteiger partial charge in [-0.25, -0.2) is 4.98 Å². The molecule has 140 valence electrons. The van der Waals surface area contributed by atoms with Crippen LogP contribution in [0.2, 0.25) is 0 Å². The van der Waals surface area contributed by atoms with E-state index in [1.54, 1.807) is 0 Å². The summed E-state index contributed by atoms with van der Waals surface area (Å²) in [6.07, 6.45) is -4.49. The van der Waals surface area contributed by atoms with Crippen LogP contribution in [0.25, 0.3) is 10.2 Å². The number of nitro groups is 1. The molecule has 0 fully saturated rings. The molecule has 1 heterocycles. The molecule has 6 nitrogen and oxygen atoms in total. The molecule has 1 amide bonds. The van der Waals surface area contributed by atoms with Gasteiger partial charge in [0.1, 0.15) is 0 Å². The van der Waals surface area contributed by atoms with E-state index in [0.29, 0.717) is 14.6 Å². The molecule has 0 unspecified atom stereocenters. The Labute approximate surface area is 158 Å². The molecule has 11 heteroatoms. The van der Waals surface area contributed by atoms with Crippen molar-refractivity contribution in [2.45, 2.75) is 10.5 Å². The van der Waals surface area contributed by atoms with Gasteiger partial charge in [-0.15, -0.1) is 11.3 Å². The molecule has 0 bridgehead atoms. The molecular weight excluding hydrogens is 403 g/mol. The van der Waals surface area contributed by atoms with Gasteiger partial charge in [-0.1, -0.05) is 17.8 Å². The number of thiazole rings is 1. The molecule has 0 atom stereocenters. The first-order valence-electron chi connectivity index (χ1n) is 7.37. The van der Waals surface area contributed by atoms with Crippen LogP contribution in [0.15, 0.2) is 46.8 Å². The van der Waals surface area contributed by atoms with Gasteiger partial charge in [0.25, 0.3) is 5.69 Å². The molecular formula is C16H10F3N3O3S2. The Morgan fingerprint density at radius 2 is 2.04 bits per heavy atom. The zero-order chi connectivity index (χ0) is 19.6. The lowest BCUT2D eigenvalue weighted by molar-refractivity contribution is -0.384. The van der Waals surface area contributed by atoms with Gasteiger partial charge in [0, 0.05) is 17.8 Å². The summed E-state index contributed by atoms with van der Waals surface area (Å²) >= 11 is 2.30. The van der Waals surface area contributed by atoms with Gasteiger partial charge in [-0.3, -0.25) is 14.9 Å². The van der Waals surface area contributed by atoms with Gasteiger partial charge in [-0.2, -0.15) is 13.2 Å². The molecule has 2 aromatic carbocycles. The lowest BCUT2D eigenvalue weighted by Gasteiger charge is -2.09. The van der Waals surface area contributed by atoms with E-state index >= 15 is 0 Å². The molecule has 1 N–H and O–H groups in total. The number of hydrogen-bond acceptors (Lipinski definition) is 6. The highest BCUT2D eigenvalue weighted by Crippen LogP contribution is 2.32. The van der Waals surface area contributed by atoms with Crippen LogP contribution in [0.3, 0.4) is 0 Å². The molecule has 0 spiro atoms. The minimum atomic E-state index is -4.49. The third-order valence-electron chi connectivity index (χ3n) is 3.36. The van der Waals surface area contributed by atoms with Crippen LogP contribution in [0, 0.1) is 10.1 Å². The summed E-state index contributed by atoms with van der Waals surface area (Å²) in [7, 11) is 0. The number of rotatable bonds is 5. The summed E-state index contributed by atoms with van der Waals surface area (Å²) < 4.78 is 39.2. The van der Waals surface area contributed by atoms with Gasteiger partial charge >= 0.3 is 6.18 Å². The van der Waals surface area contributed by atoms with Crippen molar-refractivity contribution in [3.05, 3.63) is 58.1 Å². The van der Waals surface area contributed by atoms with Gasteiger partial charge in [-0.05, 0) is 24.3 Å². The van der Waals surface area contributed by atoms with Gasteiger partial charge in [0.15, 0.2) is 4.34 Å². The number of thioether (sulfide) groups is 1. The number of carbonyl (C=O) groups is 1. The number of non-ortho nitro benzene ring substituents is 1. The van der Waals surface area contributed by atoms with Crippen molar-refractivity contribution >= 4 is 50.6 Å². The first-order chi connectivity index (χ1) is 12.7. The number of alkyl halides is 3. The molecule has 1 aromatic heterocycles. The van der Waals surface area contributed by atoms with E-state index in [1.165, 1.54) is 41.7 Å². The molecule has 0 saturated heterocycles. The second-order valence-electron chi connectivity index (χ2n) is 5.30. The zero-order valence-corrected chi connectivity index (χ0v) is 15.0. The van der Waals surface area contributed by atoms with Crippen LogP contribution in [-0.4, -0.2) is 21.6 Å². The maximum Gasteiger partial charge on any atom is 0.416 e. The normalized spacial score (nSPS) is 11.5. The summed E-state index contributed by atoms with van der Waals surface area (Å²) in [5.41, 5.74) is -0.271. The smallest absolute Gasteiger partial charge is 0.325 e. The molecule has 27 heavy (non-hydrogen) atoms. The van der Waals surface area contributed by atoms with Crippen LogP contribution in [-0.2, 0) is 11.0 Å². The quantitative estimate of drug-likeness (QED) is 0.363. The SMILES string of the molecule is O=C(CSc1nc2ccc([N+](=O)[O-])cc2s1)Nc1cccc(C(F)(F)F)c1. The number of nitro benzene ring substituents is 1. The Bertz CT molecular complexity index is 1020. The van der Waals surface area contributed by atoms with Crippen molar-refractivity contribution in [1.29, 1.82) is 0 Å². The zero-order valence-electron chi connectivity index (χ0n) is 13.3. The summed E-state index contributed by atoms with van der Waals surface area (Å²) in [4.78, 5) is 26.5. The highest BCUT2D eigenvalue weighted by Gasteiger charge is 2.30. The fraction of sp³-hybridized carbons (Fsp3) is 0.125. The second-order valence-corrected chi connectivity index (χ2v) is 7.56. The highest BCUT2D eigenvalue weighted by molar-refractivity contribution is 8.01. The van der Waals surface area contributed by atoms with E-state index in [0.717, 1.165) is 23.9 Å². The fourth-order valence-corrected chi connectivity index (χ4v) is 4.07. The molecule has 0 aliphatic heterocycles. The van der Waals surface area contributed by atoms with E-state index < -0.39 is 22.6 Å². The standard InChI is InChI=1S/C16H10F3N3O3S2/c17-16(18,19)9-2-1-3-10(6-9)20-14(23)8-26-15-21-12-5-4-11(22(24)25)7-13(12)27-15/h1-7H,8H2,(H,20,23). The number of halogens is 3. The van der Waals surface area contributed by atoms with E-state index in [1.807, 2.05) is 0 Å². The van der Waals surface area contributed by atoms with E-state index in [2.05, 4.69) is 10.3 Å².